The Morgan fingerprint density at radius 2 is 1.93 bits per heavy atom. The molecule has 1 heterocycles. The molecule has 0 radical (unpaired) electrons. The highest BCUT2D eigenvalue weighted by Gasteiger charge is 2.45. The van der Waals surface area contributed by atoms with Crippen molar-refractivity contribution in [1.29, 1.82) is 0 Å². The predicted molar refractivity (Wildman–Crippen MR) is 106 cm³/mol. The van der Waals surface area contributed by atoms with Crippen LogP contribution in [-0.2, 0) is 6.61 Å². The molecular formula is C23H29NO3. The maximum atomic E-state index is 11.1. The lowest BCUT2D eigenvalue weighted by molar-refractivity contribution is -0.0861. The quantitative estimate of drug-likeness (QED) is 0.830. The molecule has 2 aliphatic rings. The lowest BCUT2D eigenvalue weighted by atomic mass is 9.67. The van der Waals surface area contributed by atoms with Crippen LogP contribution in [0, 0.1) is 5.92 Å². The largest absolute Gasteiger partial charge is 0.493 e. The van der Waals surface area contributed by atoms with Crippen molar-refractivity contribution in [2.24, 2.45) is 5.92 Å². The van der Waals surface area contributed by atoms with Crippen LogP contribution in [0.4, 0.5) is 0 Å². The fourth-order valence-corrected chi connectivity index (χ4v) is 4.71. The van der Waals surface area contributed by atoms with E-state index < -0.39 is 5.60 Å². The van der Waals surface area contributed by atoms with Gasteiger partial charge in [-0.25, -0.2) is 0 Å². The van der Waals surface area contributed by atoms with E-state index in [0.717, 1.165) is 49.3 Å². The van der Waals surface area contributed by atoms with Gasteiger partial charge in [0.1, 0.15) is 6.61 Å². The Balaban J connectivity index is 1.53. The topological polar surface area (TPSA) is 50.7 Å². The number of piperidine rings is 1. The van der Waals surface area contributed by atoms with Gasteiger partial charge in [0.05, 0.1) is 12.7 Å². The molecule has 0 bridgehead atoms. The molecule has 1 saturated carbocycles. The van der Waals surface area contributed by atoms with Crippen LogP contribution in [0.15, 0.2) is 48.5 Å². The van der Waals surface area contributed by atoms with Gasteiger partial charge >= 0.3 is 0 Å². The third-order valence-corrected chi connectivity index (χ3v) is 6.17. The van der Waals surface area contributed by atoms with Crippen molar-refractivity contribution in [3.8, 4) is 11.5 Å². The van der Waals surface area contributed by atoms with Gasteiger partial charge in [-0.1, -0.05) is 49.2 Å². The minimum absolute atomic E-state index is 0.168. The van der Waals surface area contributed by atoms with Gasteiger partial charge in [-0.2, -0.15) is 0 Å². The standard InChI is InChI=1S/C23H29NO3/c1-26-21-15-18(10-11-20(21)27-16-17-7-3-2-4-8-17)22-19-9-5-6-12-23(19,25)13-14-24-22/h2-4,7-8,10-11,15,19,22,24-25H,5-6,9,12-14,16H2,1H3. The molecule has 0 spiro atoms. The molecule has 1 aliphatic heterocycles. The average molecular weight is 367 g/mol. The van der Waals surface area contributed by atoms with Gasteiger partial charge in [-0.05, 0) is 49.1 Å². The van der Waals surface area contributed by atoms with E-state index in [1.54, 1.807) is 7.11 Å². The molecule has 3 unspecified atom stereocenters. The highest BCUT2D eigenvalue weighted by Crippen LogP contribution is 2.46. The minimum atomic E-state index is -0.524. The smallest absolute Gasteiger partial charge is 0.161 e. The summed E-state index contributed by atoms with van der Waals surface area (Å²) in [4.78, 5) is 0. The lowest BCUT2D eigenvalue weighted by Gasteiger charge is -2.48. The Kier molecular flexibility index (Phi) is 5.37. The molecular weight excluding hydrogens is 338 g/mol. The molecule has 144 valence electrons. The number of benzene rings is 2. The maximum Gasteiger partial charge on any atom is 0.161 e. The van der Waals surface area contributed by atoms with E-state index in [9.17, 15) is 5.11 Å². The van der Waals surface area contributed by atoms with E-state index in [4.69, 9.17) is 9.47 Å². The summed E-state index contributed by atoms with van der Waals surface area (Å²) in [6.07, 6.45) is 5.17. The second kappa shape index (κ2) is 7.91. The number of methoxy groups -OCH3 is 1. The highest BCUT2D eigenvalue weighted by atomic mass is 16.5. The first kappa shape index (κ1) is 18.3. The van der Waals surface area contributed by atoms with Gasteiger partial charge in [0.25, 0.3) is 0 Å². The molecule has 4 rings (SSSR count). The van der Waals surface area contributed by atoms with Crippen molar-refractivity contribution in [3.63, 3.8) is 0 Å². The van der Waals surface area contributed by atoms with Gasteiger partial charge in [0.2, 0.25) is 0 Å². The zero-order valence-electron chi connectivity index (χ0n) is 16.0. The van der Waals surface area contributed by atoms with Crippen LogP contribution in [-0.4, -0.2) is 24.4 Å². The van der Waals surface area contributed by atoms with Gasteiger partial charge in [-0.3, -0.25) is 0 Å². The zero-order valence-corrected chi connectivity index (χ0v) is 16.0. The first-order chi connectivity index (χ1) is 13.2. The fraction of sp³-hybridized carbons (Fsp3) is 0.478. The predicted octanol–water partition coefficient (Wildman–Crippen LogP) is 4.23. The Morgan fingerprint density at radius 1 is 1.07 bits per heavy atom. The van der Waals surface area contributed by atoms with E-state index in [0.29, 0.717) is 6.61 Å². The lowest BCUT2D eigenvalue weighted by Crippen LogP contribution is -2.53. The summed E-state index contributed by atoms with van der Waals surface area (Å²) in [5.74, 6) is 1.76. The number of ether oxygens (including phenoxy) is 2. The summed E-state index contributed by atoms with van der Waals surface area (Å²) in [5.41, 5.74) is 1.78. The van der Waals surface area contributed by atoms with Crippen LogP contribution in [0.25, 0.3) is 0 Å². The fourth-order valence-electron chi connectivity index (χ4n) is 4.71. The van der Waals surface area contributed by atoms with Gasteiger partial charge in [-0.15, -0.1) is 0 Å². The highest BCUT2D eigenvalue weighted by molar-refractivity contribution is 5.44. The molecule has 27 heavy (non-hydrogen) atoms. The number of hydrogen-bond donors (Lipinski definition) is 2. The van der Waals surface area contributed by atoms with Crippen LogP contribution >= 0.6 is 0 Å². The maximum absolute atomic E-state index is 11.1. The van der Waals surface area contributed by atoms with Gasteiger partial charge in [0, 0.05) is 12.0 Å². The summed E-state index contributed by atoms with van der Waals surface area (Å²) in [5, 5.41) is 14.8. The molecule has 2 aromatic carbocycles. The summed E-state index contributed by atoms with van der Waals surface area (Å²) in [6, 6.07) is 16.5. The van der Waals surface area contributed by atoms with E-state index in [-0.39, 0.29) is 12.0 Å². The van der Waals surface area contributed by atoms with Crippen LogP contribution in [0.2, 0.25) is 0 Å². The molecule has 4 nitrogen and oxygen atoms in total. The molecule has 0 amide bonds. The average Bonchev–Trinajstić information content (AvgIpc) is 2.72. The van der Waals surface area contributed by atoms with E-state index in [2.05, 4.69) is 29.6 Å². The summed E-state index contributed by atoms with van der Waals surface area (Å²) < 4.78 is 11.6. The summed E-state index contributed by atoms with van der Waals surface area (Å²) in [7, 11) is 1.68. The first-order valence-electron chi connectivity index (χ1n) is 10.00. The van der Waals surface area contributed by atoms with Crippen molar-refractivity contribution in [2.45, 2.75) is 50.4 Å². The molecule has 1 saturated heterocycles. The second-order valence-corrected chi connectivity index (χ2v) is 7.82. The molecule has 2 fully saturated rings. The van der Waals surface area contributed by atoms with Gasteiger partial charge in [0.15, 0.2) is 11.5 Å². The van der Waals surface area contributed by atoms with Crippen molar-refractivity contribution < 1.29 is 14.6 Å². The third-order valence-electron chi connectivity index (χ3n) is 6.17. The zero-order chi connectivity index (χ0) is 18.7. The van der Waals surface area contributed by atoms with Crippen molar-refractivity contribution in [3.05, 3.63) is 59.7 Å². The number of fused-ring (bicyclic) bond motifs is 1. The molecule has 2 N–H and O–H groups in total. The van der Waals surface area contributed by atoms with Crippen LogP contribution in [0.5, 0.6) is 11.5 Å². The number of hydrogen-bond acceptors (Lipinski definition) is 4. The Bertz CT molecular complexity index is 759. The Hall–Kier alpha value is -2.04. The van der Waals surface area contributed by atoms with Crippen molar-refractivity contribution >= 4 is 0 Å². The van der Waals surface area contributed by atoms with E-state index >= 15 is 0 Å². The third kappa shape index (κ3) is 3.83. The monoisotopic (exact) mass is 367 g/mol. The molecule has 3 atom stereocenters. The van der Waals surface area contributed by atoms with Crippen molar-refractivity contribution in [2.75, 3.05) is 13.7 Å². The molecule has 2 aromatic rings. The van der Waals surface area contributed by atoms with Crippen LogP contribution in [0.1, 0.15) is 49.3 Å². The molecule has 4 heteroatoms. The first-order valence-corrected chi connectivity index (χ1v) is 10.00. The minimum Gasteiger partial charge on any atom is -0.493 e. The second-order valence-electron chi connectivity index (χ2n) is 7.82. The summed E-state index contributed by atoms with van der Waals surface area (Å²) >= 11 is 0. The Labute approximate surface area is 161 Å². The van der Waals surface area contributed by atoms with E-state index in [1.165, 1.54) is 12.0 Å². The van der Waals surface area contributed by atoms with Crippen LogP contribution in [0.3, 0.4) is 0 Å². The van der Waals surface area contributed by atoms with Crippen LogP contribution < -0.4 is 14.8 Å². The number of nitrogens with one attached hydrogen (secondary N) is 1. The molecule has 1 aliphatic carbocycles. The normalized spacial score (nSPS) is 27.6. The summed E-state index contributed by atoms with van der Waals surface area (Å²) in [6.45, 7) is 1.37. The number of aliphatic hydroxyl groups is 1. The molecule has 0 aromatic heterocycles. The Morgan fingerprint density at radius 3 is 2.74 bits per heavy atom. The number of rotatable bonds is 5. The van der Waals surface area contributed by atoms with E-state index in [1.807, 2.05) is 24.3 Å². The SMILES string of the molecule is COc1cc(C2NCCC3(O)CCCCC23)ccc1OCc1ccccc1. The van der Waals surface area contributed by atoms with Crippen molar-refractivity contribution in [1.82, 2.24) is 5.32 Å². The van der Waals surface area contributed by atoms with Gasteiger partial charge < -0.3 is 19.9 Å².